The van der Waals surface area contributed by atoms with Gasteiger partial charge in [-0.05, 0) is 50.1 Å². The van der Waals surface area contributed by atoms with Crippen molar-refractivity contribution in [2.45, 2.75) is 32.7 Å². The molecule has 1 aromatic carbocycles. The minimum Gasteiger partial charge on any atom is -0.478 e. The molecular formula is C15H22N2O2. The van der Waals surface area contributed by atoms with Crippen LogP contribution in [0, 0.1) is 6.92 Å². The molecule has 0 radical (unpaired) electrons. The largest absolute Gasteiger partial charge is 0.478 e. The van der Waals surface area contributed by atoms with Gasteiger partial charge in [-0.2, -0.15) is 0 Å². The maximum Gasteiger partial charge on any atom is 0.335 e. The van der Waals surface area contributed by atoms with E-state index in [2.05, 4.69) is 17.1 Å². The van der Waals surface area contributed by atoms with E-state index in [-0.39, 0.29) is 0 Å². The van der Waals surface area contributed by atoms with Gasteiger partial charge in [-0.15, -0.1) is 0 Å². The first kappa shape index (κ1) is 13.9. The first-order valence-corrected chi connectivity index (χ1v) is 6.93. The van der Waals surface area contributed by atoms with Crippen LogP contribution in [0.1, 0.15) is 35.7 Å². The molecule has 1 aromatic rings. The molecular weight excluding hydrogens is 240 g/mol. The highest BCUT2D eigenvalue weighted by Crippen LogP contribution is 2.26. The lowest BCUT2D eigenvalue weighted by Gasteiger charge is -2.20. The third-order valence-electron chi connectivity index (χ3n) is 3.65. The van der Waals surface area contributed by atoms with Gasteiger partial charge in [0.2, 0.25) is 0 Å². The van der Waals surface area contributed by atoms with Gasteiger partial charge in [0.05, 0.1) is 5.56 Å². The topological polar surface area (TPSA) is 52.6 Å². The number of aryl methyl sites for hydroxylation is 1. The lowest BCUT2D eigenvalue weighted by atomic mass is 10.1. The third kappa shape index (κ3) is 3.70. The van der Waals surface area contributed by atoms with Gasteiger partial charge >= 0.3 is 5.97 Å². The van der Waals surface area contributed by atoms with Crippen LogP contribution in [-0.4, -0.2) is 41.7 Å². The average Bonchev–Trinajstić information content (AvgIpc) is 3.18. The van der Waals surface area contributed by atoms with Crippen LogP contribution in [0.15, 0.2) is 18.2 Å². The zero-order chi connectivity index (χ0) is 13.8. The number of aromatic carboxylic acids is 1. The number of hydrogen-bond donors (Lipinski definition) is 2. The summed E-state index contributed by atoms with van der Waals surface area (Å²) in [4.78, 5) is 13.4. The number of rotatable bonds is 7. The van der Waals surface area contributed by atoms with Gasteiger partial charge < -0.3 is 10.4 Å². The maximum atomic E-state index is 10.9. The Balaban J connectivity index is 1.85. The van der Waals surface area contributed by atoms with Crippen LogP contribution in [0.4, 0.5) is 5.69 Å². The fourth-order valence-electron chi connectivity index (χ4n) is 2.40. The Morgan fingerprint density at radius 3 is 2.74 bits per heavy atom. The summed E-state index contributed by atoms with van der Waals surface area (Å²) in [5.41, 5.74) is 2.17. The normalized spacial score (nSPS) is 14.7. The van der Waals surface area contributed by atoms with Crippen molar-refractivity contribution in [3.63, 3.8) is 0 Å². The minimum absolute atomic E-state index is 0.374. The van der Waals surface area contributed by atoms with E-state index in [0.717, 1.165) is 36.9 Å². The number of nitrogens with zero attached hydrogens (tertiary/aromatic N) is 1. The molecule has 1 aliphatic carbocycles. The minimum atomic E-state index is -0.866. The van der Waals surface area contributed by atoms with Crippen molar-refractivity contribution in [2.24, 2.45) is 0 Å². The molecule has 0 aromatic heterocycles. The fraction of sp³-hybridized carbons (Fsp3) is 0.533. The third-order valence-corrected chi connectivity index (χ3v) is 3.65. The van der Waals surface area contributed by atoms with Crippen LogP contribution < -0.4 is 5.32 Å². The van der Waals surface area contributed by atoms with Gasteiger partial charge in [0.25, 0.3) is 0 Å². The van der Waals surface area contributed by atoms with E-state index in [4.69, 9.17) is 5.11 Å². The molecule has 0 saturated heterocycles. The van der Waals surface area contributed by atoms with E-state index >= 15 is 0 Å². The molecule has 0 heterocycles. The van der Waals surface area contributed by atoms with Crippen LogP contribution in [0.5, 0.6) is 0 Å². The molecule has 4 nitrogen and oxygen atoms in total. The first-order valence-electron chi connectivity index (χ1n) is 6.93. The summed E-state index contributed by atoms with van der Waals surface area (Å²) >= 11 is 0. The summed E-state index contributed by atoms with van der Waals surface area (Å²) < 4.78 is 0. The van der Waals surface area contributed by atoms with Gasteiger partial charge in [0.1, 0.15) is 0 Å². The Labute approximate surface area is 114 Å². The highest BCUT2D eigenvalue weighted by Gasteiger charge is 2.27. The van der Waals surface area contributed by atoms with Crippen molar-refractivity contribution in [3.8, 4) is 0 Å². The number of anilines is 1. The molecule has 104 valence electrons. The van der Waals surface area contributed by atoms with Crippen molar-refractivity contribution in [2.75, 3.05) is 25.0 Å². The lowest BCUT2D eigenvalue weighted by Crippen LogP contribution is -2.30. The Bertz CT molecular complexity index is 455. The van der Waals surface area contributed by atoms with Crippen molar-refractivity contribution in [1.82, 2.24) is 4.90 Å². The molecule has 1 fully saturated rings. The predicted octanol–water partition coefficient (Wildman–Crippen LogP) is 2.59. The van der Waals surface area contributed by atoms with Gasteiger partial charge in [-0.1, -0.05) is 6.92 Å². The first-order chi connectivity index (χ1) is 9.11. The molecule has 0 unspecified atom stereocenters. The van der Waals surface area contributed by atoms with E-state index in [1.807, 2.05) is 19.1 Å². The van der Waals surface area contributed by atoms with Crippen LogP contribution in [0.25, 0.3) is 0 Å². The monoisotopic (exact) mass is 262 g/mol. The highest BCUT2D eigenvalue weighted by molar-refractivity contribution is 5.89. The van der Waals surface area contributed by atoms with Crippen LogP contribution >= 0.6 is 0 Å². The van der Waals surface area contributed by atoms with Gasteiger partial charge in [-0.25, -0.2) is 4.79 Å². The molecule has 0 spiro atoms. The molecule has 0 bridgehead atoms. The zero-order valence-electron chi connectivity index (χ0n) is 11.6. The van der Waals surface area contributed by atoms with Gasteiger partial charge in [0.15, 0.2) is 0 Å². The number of carboxylic acid groups (broad SMARTS) is 1. The highest BCUT2D eigenvalue weighted by atomic mass is 16.4. The number of likely N-dealkylation sites (N-methyl/N-ethyl adjacent to an activating group) is 1. The second-order valence-electron chi connectivity index (χ2n) is 5.12. The molecule has 0 atom stereocenters. The second kappa shape index (κ2) is 6.06. The van der Waals surface area contributed by atoms with Crippen LogP contribution in [0.2, 0.25) is 0 Å². The molecule has 2 rings (SSSR count). The Morgan fingerprint density at radius 2 is 2.21 bits per heavy atom. The summed E-state index contributed by atoms with van der Waals surface area (Å²) in [6.45, 7) is 7.07. The van der Waals surface area contributed by atoms with Crippen molar-refractivity contribution >= 4 is 11.7 Å². The molecule has 2 N–H and O–H groups in total. The van der Waals surface area contributed by atoms with E-state index in [1.165, 1.54) is 12.8 Å². The maximum absolute atomic E-state index is 10.9. The van der Waals surface area contributed by atoms with Crippen molar-refractivity contribution < 1.29 is 9.90 Å². The molecule has 19 heavy (non-hydrogen) atoms. The standard InChI is InChI=1S/C15H22N2O2/c1-3-17(13-5-6-13)9-8-16-12-4-7-14(15(18)19)11(2)10-12/h4,7,10,13,16H,3,5-6,8-9H2,1-2H3,(H,18,19). The van der Waals surface area contributed by atoms with Crippen LogP contribution in [0.3, 0.4) is 0 Å². The quantitative estimate of drug-likeness (QED) is 0.793. The molecule has 1 aliphatic rings. The summed E-state index contributed by atoms with van der Waals surface area (Å²) in [5, 5.41) is 12.3. The Kier molecular flexibility index (Phi) is 4.43. The average molecular weight is 262 g/mol. The zero-order valence-corrected chi connectivity index (χ0v) is 11.6. The Hall–Kier alpha value is -1.55. The smallest absolute Gasteiger partial charge is 0.335 e. The summed E-state index contributed by atoms with van der Waals surface area (Å²) in [5.74, 6) is -0.866. The number of nitrogens with one attached hydrogen (secondary N) is 1. The lowest BCUT2D eigenvalue weighted by molar-refractivity contribution is 0.0696. The summed E-state index contributed by atoms with van der Waals surface area (Å²) in [7, 11) is 0. The van der Waals surface area contributed by atoms with E-state index in [1.54, 1.807) is 6.07 Å². The fourth-order valence-corrected chi connectivity index (χ4v) is 2.40. The van der Waals surface area contributed by atoms with Crippen molar-refractivity contribution in [1.29, 1.82) is 0 Å². The number of carbonyl (C=O) groups is 1. The molecule has 0 amide bonds. The van der Waals surface area contributed by atoms with E-state index < -0.39 is 5.97 Å². The summed E-state index contributed by atoms with van der Waals surface area (Å²) in [6, 6.07) is 6.20. The van der Waals surface area contributed by atoms with E-state index in [9.17, 15) is 4.79 Å². The second-order valence-corrected chi connectivity index (χ2v) is 5.12. The van der Waals surface area contributed by atoms with Crippen LogP contribution in [-0.2, 0) is 0 Å². The SMILES string of the molecule is CCN(CCNc1ccc(C(=O)O)c(C)c1)C1CC1. The summed E-state index contributed by atoms with van der Waals surface area (Å²) in [6.07, 6.45) is 2.67. The number of hydrogen-bond acceptors (Lipinski definition) is 3. The molecule has 4 heteroatoms. The van der Waals surface area contributed by atoms with E-state index in [0.29, 0.717) is 5.56 Å². The molecule has 0 aliphatic heterocycles. The number of carboxylic acids is 1. The van der Waals surface area contributed by atoms with Gasteiger partial charge in [0, 0.05) is 24.8 Å². The van der Waals surface area contributed by atoms with Crippen molar-refractivity contribution in [3.05, 3.63) is 29.3 Å². The molecule has 1 saturated carbocycles. The Morgan fingerprint density at radius 1 is 1.47 bits per heavy atom. The predicted molar refractivity (Wildman–Crippen MR) is 76.9 cm³/mol. The number of benzene rings is 1. The van der Waals surface area contributed by atoms with Gasteiger partial charge in [-0.3, -0.25) is 4.90 Å².